The molecule has 2 aromatic rings. The molecule has 0 saturated heterocycles. The summed E-state index contributed by atoms with van der Waals surface area (Å²) in [7, 11) is 0. The first-order valence-corrected chi connectivity index (χ1v) is 4.15. The van der Waals surface area contributed by atoms with Crippen LogP contribution in [0.15, 0.2) is 17.6 Å². The number of thiazole rings is 1. The minimum Gasteiger partial charge on any atom is -0.245 e. The molecule has 0 radical (unpaired) electrons. The van der Waals surface area contributed by atoms with Crippen LogP contribution in [0.2, 0.25) is 0 Å². The summed E-state index contributed by atoms with van der Waals surface area (Å²) in [5, 5.41) is 0. The summed E-state index contributed by atoms with van der Waals surface area (Å²) in [5.74, 6) is -0.134. The molecular weight excluding hydrogens is 161 g/mol. The van der Waals surface area contributed by atoms with Gasteiger partial charge in [0.25, 0.3) is 0 Å². The maximum absolute atomic E-state index is 13.2. The number of halogens is 1. The lowest BCUT2D eigenvalue weighted by Crippen LogP contribution is -1.80. The molecule has 0 atom stereocenters. The first kappa shape index (κ1) is 6.73. The van der Waals surface area contributed by atoms with Crippen LogP contribution in [0.25, 0.3) is 10.2 Å². The van der Waals surface area contributed by atoms with Gasteiger partial charge in [0.1, 0.15) is 5.82 Å². The van der Waals surface area contributed by atoms with Gasteiger partial charge in [-0.05, 0) is 18.6 Å². The van der Waals surface area contributed by atoms with Crippen molar-refractivity contribution >= 4 is 21.6 Å². The molecule has 2 rings (SSSR count). The standard InChI is InChI=1S/C8H6FNS/c1-5-2-3-6-8(7(5)9)11-4-10-6/h2-4H,1H3. The van der Waals surface area contributed by atoms with Crippen molar-refractivity contribution in [1.29, 1.82) is 0 Å². The van der Waals surface area contributed by atoms with Gasteiger partial charge in [0.15, 0.2) is 0 Å². The molecule has 0 unspecified atom stereocenters. The van der Waals surface area contributed by atoms with E-state index < -0.39 is 0 Å². The Morgan fingerprint density at radius 2 is 2.27 bits per heavy atom. The molecule has 0 aliphatic heterocycles. The van der Waals surface area contributed by atoms with Crippen LogP contribution < -0.4 is 0 Å². The molecule has 0 amide bonds. The molecule has 0 aliphatic rings. The number of aryl methyl sites for hydroxylation is 1. The van der Waals surface area contributed by atoms with Crippen molar-refractivity contribution in [3.05, 3.63) is 29.0 Å². The van der Waals surface area contributed by atoms with Crippen molar-refractivity contribution in [3.8, 4) is 0 Å². The second-order valence-corrected chi connectivity index (χ2v) is 3.25. The summed E-state index contributed by atoms with van der Waals surface area (Å²) in [4.78, 5) is 4.00. The molecule has 0 fully saturated rings. The van der Waals surface area contributed by atoms with Crippen molar-refractivity contribution in [2.75, 3.05) is 0 Å². The van der Waals surface area contributed by atoms with Gasteiger partial charge in [-0.25, -0.2) is 9.37 Å². The molecule has 3 heteroatoms. The van der Waals surface area contributed by atoms with E-state index in [1.807, 2.05) is 6.07 Å². The Hall–Kier alpha value is -0.960. The lowest BCUT2D eigenvalue weighted by atomic mass is 10.2. The van der Waals surface area contributed by atoms with Crippen LogP contribution in [0, 0.1) is 12.7 Å². The number of aromatic nitrogens is 1. The van der Waals surface area contributed by atoms with Gasteiger partial charge >= 0.3 is 0 Å². The maximum Gasteiger partial charge on any atom is 0.145 e. The SMILES string of the molecule is Cc1ccc2ncsc2c1F. The summed E-state index contributed by atoms with van der Waals surface area (Å²) in [6.07, 6.45) is 0. The first-order chi connectivity index (χ1) is 5.29. The molecule has 0 N–H and O–H groups in total. The van der Waals surface area contributed by atoms with Crippen LogP contribution in [-0.2, 0) is 0 Å². The highest BCUT2D eigenvalue weighted by Gasteiger charge is 2.04. The monoisotopic (exact) mass is 167 g/mol. The third kappa shape index (κ3) is 0.922. The first-order valence-electron chi connectivity index (χ1n) is 3.27. The summed E-state index contributed by atoms with van der Waals surface area (Å²) in [5.41, 5.74) is 3.09. The van der Waals surface area contributed by atoms with Gasteiger partial charge in [0, 0.05) is 0 Å². The van der Waals surface area contributed by atoms with E-state index in [2.05, 4.69) is 4.98 Å². The highest BCUT2D eigenvalue weighted by atomic mass is 32.1. The highest BCUT2D eigenvalue weighted by molar-refractivity contribution is 7.16. The van der Waals surface area contributed by atoms with E-state index in [9.17, 15) is 4.39 Å². The fourth-order valence-corrected chi connectivity index (χ4v) is 1.77. The van der Waals surface area contributed by atoms with Gasteiger partial charge in [-0.1, -0.05) is 6.07 Å². The van der Waals surface area contributed by atoms with Gasteiger partial charge in [-0.3, -0.25) is 0 Å². The van der Waals surface area contributed by atoms with Gasteiger partial charge in [-0.15, -0.1) is 11.3 Å². The Morgan fingerprint density at radius 1 is 1.45 bits per heavy atom. The van der Waals surface area contributed by atoms with Crippen LogP contribution in [0.1, 0.15) is 5.56 Å². The zero-order valence-electron chi connectivity index (χ0n) is 5.97. The average molecular weight is 167 g/mol. The summed E-state index contributed by atoms with van der Waals surface area (Å²) < 4.78 is 13.9. The van der Waals surface area contributed by atoms with E-state index in [0.29, 0.717) is 10.3 Å². The third-order valence-corrected chi connectivity index (χ3v) is 2.47. The fraction of sp³-hybridized carbons (Fsp3) is 0.125. The number of hydrogen-bond donors (Lipinski definition) is 0. The van der Waals surface area contributed by atoms with Crippen molar-refractivity contribution in [2.45, 2.75) is 6.92 Å². The fourth-order valence-electron chi connectivity index (χ4n) is 0.994. The normalized spacial score (nSPS) is 10.7. The topological polar surface area (TPSA) is 12.9 Å². The van der Waals surface area contributed by atoms with Crippen LogP contribution in [0.4, 0.5) is 4.39 Å². The van der Waals surface area contributed by atoms with Gasteiger partial charge in [0.2, 0.25) is 0 Å². The predicted molar refractivity (Wildman–Crippen MR) is 44.3 cm³/mol. The Labute approximate surface area is 67.5 Å². The minimum atomic E-state index is -0.134. The van der Waals surface area contributed by atoms with E-state index in [4.69, 9.17) is 0 Å². The van der Waals surface area contributed by atoms with Gasteiger partial charge < -0.3 is 0 Å². The van der Waals surface area contributed by atoms with E-state index >= 15 is 0 Å². The molecular formula is C8H6FNS. The summed E-state index contributed by atoms with van der Waals surface area (Å²) in [6, 6.07) is 3.58. The Balaban J connectivity index is 2.93. The zero-order valence-corrected chi connectivity index (χ0v) is 6.78. The third-order valence-electron chi connectivity index (χ3n) is 1.63. The predicted octanol–water partition coefficient (Wildman–Crippen LogP) is 2.74. The van der Waals surface area contributed by atoms with Crippen molar-refractivity contribution in [3.63, 3.8) is 0 Å². The van der Waals surface area contributed by atoms with Crippen LogP contribution in [0.3, 0.4) is 0 Å². The van der Waals surface area contributed by atoms with Crippen molar-refractivity contribution in [2.24, 2.45) is 0 Å². The number of benzene rings is 1. The summed E-state index contributed by atoms with van der Waals surface area (Å²) in [6.45, 7) is 1.76. The van der Waals surface area contributed by atoms with Crippen molar-refractivity contribution < 1.29 is 4.39 Å². The second-order valence-electron chi connectivity index (χ2n) is 2.40. The number of fused-ring (bicyclic) bond motifs is 1. The Morgan fingerprint density at radius 3 is 3.09 bits per heavy atom. The van der Waals surface area contributed by atoms with E-state index in [1.54, 1.807) is 18.5 Å². The number of nitrogens with zero attached hydrogens (tertiary/aromatic N) is 1. The van der Waals surface area contributed by atoms with E-state index in [1.165, 1.54) is 11.3 Å². The lowest BCUT2D eigenvalue weighted by molar-refractivity contribution is 0.632. The molecule has 0 aliphatic carbocycles. The molecule has 56 valence electrons. The zero-order chi connectivity index (χ0) is 7.84. The lowest BCUT2D eigenvalue weighted by Gasteiger charge is -1.94. The van der Waals surface area contributed by atoms with Crippen LogP contribution in [-0.4, -0.2) is 4.98 Å². The second kappa shape index (κ2) is 2.27. The molecule has 11 heavy (non-hydrogen) atoms. The molecule has 1 aromatic heterocycles. The molecule has 1 aromatic carbocycles. The molecule has 0 bridgehead atoms. The van der Waals surface area contributed by atoms with Gasteiger partial charge in [0.05, 0.1) is 15.7 Å². The molecule has 0 spiro atoms. The highest BCUT2D eigenvalue weighted by Crippen LogP contribution is 2.23. The largest absolute Gasteiger partial charge is 0.245 e. The van der Waals surface area contributed by atoms with E-state index in [-0.39, 0.29) is 5.82 Å². The number of rotatable bonds is 0. The number of hydrogen-bond acceptors (Lipinski definition) is 2. The molecule has 1 nitrogen and oxygen atoms in total. The van der Waals surface area contributed by atoms with Crippen LogP contribution >= 0.6 is 11.3 Å². The minimum absolute atomic E-state index is 0.134. The van der Waals surface area contributed by atoms with Gasteiger partial charge in [-0.2, -0.15) is 0 Å². The maximum atomic E-state index is 13.2. The summed E-state index contributed by atoms with van der Waals surface area (Å²) >= 11 is 1.34. The van der Waals surface area contributed by atoms with Crippen molar-refractivity contribution in [1.82, 2.24) is 4.98 Å². The Bertz CT molecular complexity index is 394. The Kier molecular flexibility index (Phi) is 1.39. The van der Waals surface area contributed by atoms with Crippen LogP contribution in [0.5, 0.6) is 0 Å². The smallest absolute Gasteiger partial charge is 0.145 e. The van der Waals surface area contributed by atoms with E-state index in [0.717, 1.165) is 5.52 Å². The average Bonchev–Trinajstić information content (AvgIpc) is 2.45. The quantitative estimate of drug-likeness (QED) is 0.588. The molecule has 0 saturated carbocycles. The molecule has 1 heterocycles.